The molecule has 0 radical (unpaired) electrons. The zero-order valence-corrected chi connectivity index (χ0v) is 14.5. The minimum absolute atomic E-state index is 0.0784. The molecule has 0 unspecified atom stereocenters. The highest BCUT2D eigenvalue weighted by atomic mass is 32.2. The second-order valence-corrected chi connectivity index (χ2v) is 6.90. The first-order chi connectivity index (χ1) is 10.5. The molecule has 0 aliphatic carbocycles. The van der Waals surface area contributed by atoms with Crippen LogP contribution in [0.4, 0.5) is 5.69 Å². The summed E-state index contributed by atoms with van der Waals surface area (Å²) in [4.78, 5) is 13.3. The van der Waals surface area contributed by atoms with E-state index in [4.69, 9.17) is 0 Å². The molecule has 0 aliphatic rings. The van der Waals surface area contributed by atoms with Gasteiger partial charge >= 0.3 is 0 Å². The van der Waals surface area contributed by atoms with Gasteiger partial charge in [0.05, 0.1) is 0 Å². The molecule has 2 rings (SSSR count). The Balaban J connectivity index is 1.87. The summed E-state index contributed by atoms with van der Waals surface area (Å²) in [5.74, 6) is 0.869. The normalized spacial score (nSPS) is 10.5. The van der Waals surface area contributed by atoms with E-state index in [1.165, 1.54) is 16.0 Å². The second kappa shape index (κ2) is 7.50. The minimum Gasteiger partial charge on any atom is -0.326 e. The Morgan fingerprint density at radius 2 is 1.55 bits per heavy atom. The van der Waals surface area contributed by atoms with E-state index in [1.54, 1.807) is 11.8 Å². The highest BCUT2D eigenvalue weighted by Crippen LogP contribution is 2.23. The molecule has 1 N–H and O–H groups in total. The molecule has 0 saturated carbocycles. The SMILES string of the molecule is Cc1ccc(SCCC(=O)Nc2c(C)cc(C)cc2C)cc1. The molecule has 22 heavy (non-hydrogen) atoms. The van der Waals surface area contributed by atoms with Crippen molar-refractivity contribution < 1.29 is 4.79 Å². The van der Waals surface area contributed by atoms with Crippen LogP contribution in [0, 0.1) is 27.7 Å². The summed E-state index contributed by atoms with van der Waals surface area (Å²) >= 11 is 1.72. The fourth-order valence-corrected chi connectivity index (χ4v) is 3.33. The van der Waals surface area contributed by atoms with Crippen molar-refractivity contribution in [3.8, 4) is 0 Å². The smallest absolute Gasteiger partial charge is 0.225 e. The molecule has 0 fully saturated rings. The van der Waals surface area contributed by atoms with Gasteiger partial charge in [0.1, 0.15) is 0 Å². The van der Waals surface area contributed by atoms with Gasteiger partial charge in [0.25, 0.3) is 0 Å². The molecular formula is C19H23NOS. The van der Waals surface area contributed by atoms with Crippen molar-refractivity contribution in [1.29, 1.82) is 0 Å². The third-order valence-electron chi connectivity index (χ3n) is 3.56. The number of anilines is 1. The lowest BCUT2D eigenvalue weighted by atomic mass is 10.1. The number of rotatable bonds is 5. The zero-order chi connectivity index (χ0) is 16.1. The second-order valence-electron chi connectivity index (χ2n) is 5.73. The average Bonchev–Trinajstić information content (AvgIpc) is 2.45. The summed E-state index contributed by atoms with van der Waals surface area (Å²) in [6.45, 7) is 8.23. The molecule has 0 aromatic heterocycles. The van der Waals surface area contributed by atoms with Crippen LogP contribution in [0.1, 0.15) is 28.7 Å². The third kappa shape index (κ3) is 4.63. The summed E-state index contributed by atoms with van der Waals surface area (Å²) in [6, 6.07) is 12.6. The number of amides is 1. The van der Waals surface area contributed by atoms with Gasteiger partial charge < -0.3 is 5.32 Å². The van der Waals surface area contributed by atoms with E-state index in [2.05, 4.69) is 55.6 Å². The summed E-state index contributed by atoms with van der Waals surface area (Å²) < 4.78 is 0. The molecule has 2 aromatic rings. The van der Waals surface area contributed by atoms with Gasteiger partial charge in [-0.05, 0) is 51.0 Å². The first-order valence-corrected chi connectivity index (χ1v) is 8.51. The molecule has 2 aromatic carbocycles. The van der Waals surface area contributed by atoms with E-state index in [0.717, 1.165) is 22.6 Å². The van der Waals surface area contributed by atoms with Crippen molar-refractivity contribution in [2.24, 2.45) is 0 Å². The summed E-state index contributed by atoms with van der Waals surface area (Å²) in [5.41, 5.74) is 5.68. The maximum absolute atomic E-state index is 12.1. The van der Waals surface area contributed by atoms with Gasteiger partial charge in [0.2, 0.25) is 5.91 Å². The van der Waals surface area contributed by atoms with E-state index >= 15 is 0 Å². The number of hydrogen-bond acceptors (Lipinski definition) is 2. The lowest BCUT2D eigenvalue weighted by Crippen LogP contribution is -2.14. The van der Waals surface area contributed by atoms with Gasteiger partial charge in [-0.2, -0.15) is 0 Å². The standard InChI is InChI=1S/C19H23NOS/c1-13-5-7-17(8-6-13)22-10-9-18(21)20-19-15(3)11-14(2)12-16(19)4/h5-8,11-12H,9-10H2,1-4H3,(H,20,21). The topological polar surface area (TPSA) is 29.1 Å². The highest BCUT2D eigenvalue weighted by molar-refractivity contribution is 7.99. The first-order valence-electron chi connectivity index (χ1n) is 7.53. The fourth-order valence-electron chi connectivity index (χ4n) is 2.48. The molecule has 0 spiro atoms. The molecule has 3 heteroatoms. The molecule has 0 atom stereocenters. The molecule has 116 valence electrons. The third-order valence-corrected chi connectivity index (χ3v) is 4.57. The summed E-state index contributed by atoms with van der Waals surface area (Å²) in [6.07, 6.45) is 0.519. The van der Waals surface area contributed by atoms with Crippen molar-refractivity contribution in [3.63, 3.8) is 0 Å². The molecule has 0 bridgehead atoms. The maximum atomic E-state index is 12.1. The number of nitrogens with one attached hydrogen (secondary N) is 1. The van der Waals surface area contributed by atoms with E-state index < -0.39 is 0 Å². The number of thioether (sulfide) groups is 1. The van der Waals surface area contributed by atoms with Crippen LogP contribution in [-0.4, -0.2) is 11.7 Å². The van der Waals surface area contributed by atoms with Crippen LogP contribution in [0.15, 0.2) is 41.3 Å². The molecule has 0 saturated heterocycles. The van der Waals surface area contributed by atoms with E-state index in [-0.39, 0.29) is 5.91 Å². The zero-order valence-electron chi connectivity index (χ0n) is 13.7. The molecule has 2 nitrogen and oxygen atoms in total. The van der Waals surface area contributed by atoms with Crippen molar-refractivity contribution in [3.05, 3.63) is 58.7 Å². The Labute approximate surface area is 137 Å². The summed E-state index contributed by atoms with van der Waals surface area (Å²) in [7, 11) is 0. The Hall–Kier alpha value is -1.74. The average molecular weight is 313 g/mol. The van der Waals surface area contributed by atoms with Crippen molar-refractivity contribution >= 4 is 23.4 Å². The van der Waals surface area contributed by atoms with Gasteiger partial charge in [-0.15, -0.1) is 11.8 Å². The molecule has 0 heterocycles. The van der Waals surface area contributed by atoms with Crippen molar-refractivity contribution in [2.45, 2.75) is 39.0 Å². The van der Waals surface area contributed by atoms with Crippen LogP contribution < -0.4 is 5.32 Å². The number of aryl methyl sites for hydroxylation is 4. The molecular weight excluding hydrogens is 290 g/mol. The highest BCUT2D eigenvalue weighted by Gasteiger charge is 2.08. The quantitative estimate of drug-likeness (QED) is 0.783. The lowest BCUT2D eigenvalue weighted by Gasteiger charge is -2.12. The Morgan fingerprint density at radius 3 is 2.14 bits per heavy atom. The first kappa shape index (κ1) is 16.6. The fraction of sp³-hybridized carbons (Fsp3) is 0.316. The van der Waals surface area contributed by atoms with Gasteiger partial charge in [0.15, 0.2) is 0 Å². The van der Waals surface area contributed by atoms with Crippen molar-refractivity contribution in [2.75, 3.05) is 11.1 Å². The van der Waals surface area contributed by atoms with Crippen LogP contribution >= 0.6 is 11.8 Å². The van der Waals surface area contributed by atoms with E-state index in [9.17, 15) is 4.79 Å². The summed E-state index contributed by atoms with van der Waals surface area (Å²) in [5, 5.41) is 3.05. The van der Waals surface area contributed by atoms with Crippen LogP contribution in [0.5, 0.6) is 0 Å². The molecule has 1 amide bonds. The van der Waals surface area contributed by atoms with E-state index in [0.29, 0.717) is 6.42 Å². The largest absolute Gasteiger partial charge is 0.326 e. The number of carbonyl (C=O) groups is 1. The van der Waals surface area contributed by atoms with E-state index in [1.807, 2.05) is 13.8 Å². The predicted octanol–water partition coefficient (Wildman–Crippen LogP) is 5.04. The van der Waals surface area contributed by atoms with Crippen LogP contribution in [-0.2, 0) is 4.79 Å². The number of hydrogen-bond donors (Lipinski definition) is 1. The number of carbonyl (C=O) groups excluding carboxylic acids is 1. The van der Waals surface area contributed by atoms with Crippen LogP contribution in [0.25, 0.3) is 0 Å². The van der Waals surface area contributed by atoms with Gasteiger partial charge in [-0.25, -0.2) is 0 Å². The monoisotopic (exact) mass is 313 g/mol. The maximum Gasteiger partial charge on any atom is 0.225 e. The Kier molecular flexibility index (Phi) is 5.67. The predicted molar refractivity (Wildman–Crippen MR) is 95.8 cm³/mol. The Morgan fingerprint density at radius 1 is 0.955 bits per heavy atom. The van der Waals surface area contributed by atoms with Crippen LogP contribution in [0.2, 0.25) is 0 Å². The Bertz CT molecular complexity index is 639. The minimum atomic E-state index is 0.0784. The van der Waals surface area contributed by atoms with Gasteiger partial charge in [-0.3, -0.25) is 4.79 Å². The lowest BCUT2D eigenvalue weighted by molar-refractivity contribution is -0.115. The number of benzene rings is 2. The van der Waals surface area contributed by atoms with Gasteiger partial charge in [0, 0.05) is 22.8 Å². The van der Waals surface area contributed by atoms with Crippen LogP contribution in [0.3, 0.4) is 0 Å². The van der Waals surface area contributed by atoms with Crippen molar-refractivity contribution in [1.82, 2.24) is 0 Å². The molecule has 0 aliphatic heterocycles. The van der Waals surface area contributed by atoms with Gasteiger partial charge in [-0.1, -0.05) is 35.4 Å².